The number of ether oxygens (including phenoxy) is 1. The number of allylic oxidation sites excluding steroid dienone is 1. The molecule has 0 heterocycles. The van der Waals surface area contributed by atoms with E-state index in [1.54, 1.807) is 7.05 Å². The van der Waals surface area contributed by atoms with Crippen LogP contribution in [0.1, 0.15) is 47.5 Å². The molecule has 0 saturated heterocycles. The Kier molecular flexibility index (Phi) is 16.1. The Hall–Kier alpha value is -2.55. The molecular weight excluding hydrogens is 390 g/mol. The van der Waals surface area contributed by atoms with Crippen molar-refractivity contribution in [3.63, 3.8) is 0 Å². The molecule has 9 nitrogen and oxygen atoms in total. The van der Waals surface area contributed by atoms with Crippen molar-refractivity contribution in [2.75, 3.05) is 33.3 Å². The number of aldehydes is 2. The van der Waals surface area contributed by atoms with Crippen LogP contribution in [0, 0.1) is 5.41 Å². The van der Waals surface area contributed by atoms with E-state index in [9.17, 15) is 24.0 Å². The van der Waals surface area contributed by atoms with Gasteiger partial charge in [-0.1, -0.05) is 20.8 Å². The smallest absolute Gasteiger partial charge is 0.246 e. The molecule has 172 valence electrons. The first kappa shape index (κ1) is 29.6. The van der Waals surface area contributed by atoms with Gasteiger partial charge >= 0.3 is 0 Å². The molecule has 9 heteroatoms. The summed E-state index contributed by atoms with van der Waals surface area (Å²) in [4.78, 5) is 53.7. The summed E-state index contributed by atoms with van der Waals surface area (Å²) >= 11 is 0. The lowest BCUT2D eigenvalue weighted by Gasteiger charge is -2.31. The molecular formula is C21H37N3O6. The van der Waals surface area contributed by atoms with Gasteiger partial charge in [0.1, 0.15) is 12.6 Å². The number of rotatable bonds is 14. The van der Waals surface area contributed by atoms with Gasteiger partial charge in [-0.25, -0.2) is 0 Å². The summed E-state index contributed by atoms with van der Waals surface area (Å²) in [6, 6.07) is 0. The van der Waals surface area contributed by atoms with Crippen molar-refractivity contribution in [1.29, 1.82) is 0 Å². The van der Waals surface area contributed by atoms with E-state index in [0.29, 0.717) is 38.7 Å². The van der Waals surface area contributed by atoms with Crippen molar-refractivity contribution in [3.05, 3.63) is 12.2 Å². The summed E-state index contributed by atoms with van der Waals surface area (Å²) < 4.78 is 5.90. The zero-order chi connectivity index (χ0) is 23.6. The monoisotopic (exact) mass is 427 g/mol. The molecule has 0 aliphatic heterocycles. The van der Waals surface area contributed by atoms with Crippen molar-refractivity contribution >= 4 is 30.8 Å². The minimum absolute atomic E-state index is 0.114. The molecule has 30 heavy (non-hydrogen) atoms. The number of carbonyl (C=O) groups is 5. The zero-order valence-corrected chi connectivity index (χ0v) is 19.0. The van der Waals surface area contributed by atoms with Crippen molar-refractivity contribution in [1.82, 2.24) is 15.5 Å². The number of hydrogen-bond donors (Lipinski definition) is 2. The van der Waals surface area contributed by atoms with Gasteiger partial charge in [-0.05, 0) is 26.3 Å². The quantitative estimate of drug-likeness (QED) is 0.241. The summed E-state index contributed by atoms with van der Waals surface area (Å²) in [7, 11) is 1.59. The second-order valence-electron chi connectivity index (χ2n) is 8.04. The van der Waals surface area contributed by atoms with Gasteiger partial charge < -0.3 is 25.1 Å². The van der Waals surface area contributed by atoms with Crippen molar-refractivity contribution in [3.8, 4) is 0 Å². The summed E-state index contributed by atoms with van der Waals surface area (Å²) in [5.41, 5.74) is -0.337. The Labute approximate surface area is 179 Å². The molecule has 0 unspecified atom stereocenters. The summed E-state index contributed by atoms with van der Waals surface area (Å²) in [6.07, 6.45) is 5.11. The number of nitrogens with zero attached hydrogens (tertiary/aromatic N) is 1. The standard InChI is InChI=1S/C18H32N2O4.C3H5NO2/c1-7-18(4,5)24-14-17(2,3)13-19-15(22)10-11-20(6)16(23)9-8-12-21;5-2-1-4-3-6/h8-9,12H,7,10-11,13-14H2,1-6H3,(H,19,22);2-3H,1H2,(H,4,6)/b9-8-;. The third-order valence-electron chi connectivity index (χ3n) is 4.12. The van der Waals surface area contributed by atoms with Gasteiger partial charge in [0.2, 0.25) is 18.2 Å². The van der Waals surface area contributed by atoms with Crippen LogP contribution in [0.25, 0.3) is 0 Å². The van der Waals surface area contributed by atoms with E-state index in [1.807, 2.05) is 27.7 Å². The average molecular weight is 428 g/mol. The zero-order valence-electron chi connectivity index (χ0n) is 19.0. The van der Waals surface area contributed by atoms with Crippen molar-refractivity contribution in [2.45, 2.75) is 53.1 Å². The Morgan fingerprint density at radius 1 is 1.10 bits per heavy atom. The predicted molar refractivity (Wildman–Crippen MR) is 115 cm³/mol. The Morgan fingerprint density at radius 3 is 2.20 bits per heavy atom. The van der Waals surface area contributed by atoms with Crippen LogP contribution >= 0.6 is 0 Å². The van der Waals surface area contributed by atoms with Crippen LogP contribution in [0.2, 0.25) is 0 Å². The molecule has 0 aromatic rings. The van der Waals surface area contributed by atoms with Crippen LogP contribution in [0.3, 0.4) is 0 Å². The highest BCUT2D eigenvalue weighted by atomic mass is 16.5. The summed E-state index contributed by atoms with van der Waals surface area (Å²) in [5, 5.41) is 5.03. The maximum Gasteiger partial charge on any atom is 0.246 e. The number of carbonyl (C=O) groups excluding carboxylic acids is 5. The van der Waals surface area contributed by atoms with Crippen LogP contribution < -0.4 is 10.6 Å². The van der Waals surface area contributed by atoms with E-state index >= 15 is 0 Å². The van der Waals surface area contributed by atoms with Crippen LogP contribution in [0.15, 0.2) is 12.2 Å². The van der Waals surface area contributed by atoms with E-state index in [0.717, 1.165) is 12.5 Å². The largest absolute Gasteiger partial charge is 0.375 e. The average Bonchev–Trinajstić information content (AvgIpc) is 2.72. The van der Waals surface area contributed by atoms with Gasteiger partial charge in [-0.2, -0.15) is 0 Å². The fourth-order valence-electron chi connectivity index (χ4n) is 1.69. The molecule has 2 N–H and O–H groups in total. The van der Waals surface area contributed by atoms with E-state index in [1.165, 1.54) is 11.0 Å². The van der Waals surface area contributed by atoms with Crippen molar-refractivity contribution < 1.29 is 28.7 Å². The van der Waals surface area contributed by atoms with Crippen LogP contribution in [0.5, 0.6) is 0 Å². The summed E-state index contributed by atoms with van der Waals surface area (Å²) in [5.74, 6) is -0.415. The van der Waals surface area contributed by atoms with Crippen molar-refractivity contribution in [2.24, 2.45) is 5.41 Å². The topological polar surface area (TPSA) is 122 Å². The van der Waals surface area contributed by atoms with Gasteiger partial charge in [0.25, 0.3) is 0 Å². The molecule has 0 aromatic heterocycles. The molecule has 0 radical (unpaired) electrons. The summed E-state index contributed by atoms with van der Waals surface area (Å²) in [6.45, 7) is 11.7. The van der Waals surface area contributed by atoms with Crippen LogP contribution in [-0.2, 0) is 28.7 Å². The van der Waals surface area contributed by atoms with E-state index in [2.05, 4.69) is 17.6 Å². The normalized spacial score (nSPS) is 11.1. The lowest BCUT2D eigenvalue weighted by molar-refractivity contribution is -0.126. The lowest BCUT2D eigenvalue weighted by Crippen LogP contribution is -2.40. The third kappa shape index (κ3) is 17.5. The van der Waals surface area contributed by atoms with Gasteiger partial charge in [-0.15, -0.1) is 0 Å². The molecule has 0 atom stereocenters. The van der Waals surface area contributed by atoms with Gasteiger partial charge in [0.15, 0.2) is 0 Å². The van der Waals surface area contributed by atoms with E-state index in [4.69, 9.17) is 4.74 Å². The number of hydrogen-bond acceptors (Lipinski definition) is 6. The number of nitrogens with one attached hydrogen (secondary N) is 2. The highest BCUT2D eigenvalue weighted by Crippen LogP contribution is 2.21. The predicted octanol–water partition coefficient (Wildman–Crippen LogP) is 0.869. The van der Waals surface area contributed by atoms with Crippen LogP contribution in [-0.4, -0.2) is 74.6 Å². The molecule has 3 amide bonds. The fourth-order valence-corrected chi connectivity index (χ4v) is 1.69. The number of amides is 3. The highest BCUT2D eigenvalue weighted by molar-refractivity contribution is 5.91. The van der Waals surface area contributed by atoms with Gasteiger partial charge in [-0.3, -0.25) is 19.2 Å². The minimum Gasteiger partial charge on any atom is -0.375 e. The Balaban J connectivity index is 0. The molecule has 0 fully saturated rings. The third-order valence-corrected chi connectivity index (χ3v) is 4.12. The Morgan fingerprint density at radius 2 is 1.73 bits per heavy atom. The van der Waals surface area contributed by atoms with Crippen LogP contribution in [0.4, 0.5) is 0 Å². The number of likely N-dealkylation sites (N-methyl/N-ethyl adjacent to an activating group) is 1. The molecule has 0 rings (SSSR count). The molecule has 0 aromatic carbocycles. The van der Waals surface area contributed by atoms with Gasteiger partial charge in [0.05, 0.1) is 18.8 Å². The second kappa shape index (κ2) is 16.3. The first-order valence-electron chi connectivity index (χ1n) is 9.83. The first-order chi connectivity index (χ1) is 13.9. The van der Waals surface area contributed by atoms with Gasteiger partial charge in [0, 0.05) is 38.0 Å². The molecule has 0 saturated carbocycles. The Bertz CT molecular complexity index is 565. The molecule has 0 aliphatic carbocycles. The molecule has 0 bridgehead atoms. The maximum absolute atomic E-state index is 11.9. The molecule has 0 spiro atoms. The van der Waals surface area contributed by atoms with E-state index in [-0.39, 0.29) is 35.8 Å². The fraction of sp³-hybridized carbons (Fsp3) is 0.667. The first-order valence-corrected chi connectivity index (χ1v) is 9.83. The lowest BCUT2D eigenvalue weighted by atomic mass is 9.94. The SMILES string of the molecule is CCC(C)(C)OCC(C)(C)CNC(=O)CCN(C)C(=O)/C=C\C=O.O=CCNC=O. The molecule has 0 aliphatic rings. The second-order valence-corrected chi connectivity index (χ2v) is 8.04. The highest BCUT2D eigenvalue weighted by Gasteiger charge is 2.24. The van der Waals surface area contributed by atoms with E-state index < -0.39 is 0 Å². The minimum atomic E-state index is -0.301. The maximum atomic E-state index is 11.9.